The first-order valence-corrected chi connectivity index (χ1v) is 6.82. The highest BCUT2D eigenvalue weighted by Crippen LogP contribution is 2.39. The van der Waals surface area contributed by atoms with Crippen LogP contribution in [0.2, 0.25) is 5.02 Å². The largest absolute Gasteiger partial charge is 0.377 e. The number of methoxy groups -OCH3 is 1. The highest BCUT2D eigenvalue weighted by atomic mass is 35.5. The van der Waals surface area contributed by atoms with Crippen LogP contribution in [-0.2, 0) is 18.2 Å². The Morgan fingerprint density at radius 2 is 2.22 bits per heavy atom. The van der Waals surface area contributed by atoms with Gasteiger partial charge in [0.1, 0.15) is 0 Å². The van der Waals surface area contributed by atoms with Crippen LogP contribution in [0.4, 0.5) is 0 Å². The van der Waals surface area contributed by atoms with Gasteiger partial charge in [-0.1, -0.05) is 11.6 Å². The number of nitrogens with one attached hydrogen (secondary N) is 1. The van der Waals surface area contributed by atoms with Crippen molar-refractivity contribution in [3.05, 3.63) is 16.4 Å². The van der Waals surface area contributed by atoms with Crippen molar-refractivity contribution < 1.29 is 4.74 Å². The van der Waals surface area contributed by atoms with Crippen LogP contribution in [0.3, 0.4) is 0 Å². The fourth-order valence-corrected chi connectivity index (χ4v) is 3.10. The van der Waals surface area contributed by atoms with Crippen molar-refractivity contribution in [3.63, 3.8) is 0 Å². The molecule has 0 saturated heterocycles. The average molecular weight is 272 g/mol. The Labute approximate surface area is 114 Å². The highest BCUT2D eigenvalue weighted by Gasteiger charge is 2.44. The van der Waals surface area contributed by atoms with Gasteiger partial charge in [-0.25, -0.2) is 0 Å². The van der Waals surface area contributed by atoms with Gasteiger partial charge in [-0.15, -0.1) is 0 Å². The topological polar surface area (TPSA) is 39.1 Å². The molecule has 1 fully saturated rings. The molecule has 1 heterocycles. The summed E-state index contributed by atoms with van der Waals surface area (Å²) in [5.41, 5.74) is 1.94. The highest BCUT2D eigenvalue weighted by molar-refractivity contribution is 6.31. The molecule has 1 aliphatic rings. The van der Waals surface area contributed by atoms with E-state index in [0.29, 0.717) is 0 Å². The second-order valence-electron chi connectivity index (χ2n) is 5.14. The summed E-state index contributed by atoms with van der Waals surface area (Å²) in [5, 5.41) is 8.53. The van der Waals surface area contributed by atoms with Crippen molar-refractivity contribution in [2.24, 2.45) is 7.05 Å². The number of rotatable bonds is 5. The minimum Gasteiger partial charge on any atom is -0.377 e. The molecule has 1 N–H and O–H groups in total. The van der Waals surface area contributed by atoms with E-state index >= 15 is 0 Å². The van der Waals surface area contributed by atoms with Crippen molar-refractivity contribution in [2.75, 3.05) is 14.2 Å². The average Bonchev–Trinajstić information content (AvgIpc) is 2.53. The number of aryl methyl sites for hydroxylation is 2. The predicted molar refractivity (Wildman–Crippen MR) is 73.1 cm³/mol. The molecule has 0 amide bonds. The fraction of sp³-hybridized carbons (Fsp3) is 0.769. The lowest BCUT2D eigenvalue weighted by Gasteiger charge is -2.46. The number of ether oxygens (including phenoxy) is 1. The molecule has 1 saturated carbocycles. The van der Waals surface area contributed by atoms with E-state index in [-0.39, 0.29) is 11.6 Å². The van der Waals surface area contributed by atoms with Gasteiger partial charge in [-0.05, 0) is 33.2 Å². The zero-order chi connectivity index (χ0) is 13.3. The van der Waals surface area contributed by atoms with Crippen LogP contribution < -0.4 is 5.32 Å². The molecule has 0 aliphatic heterocycles. The number of nitrogens with zero attached hydrogens (tertiary/aromatic N) is 2. The Hall–Kier alpha value is -0.580. The van der Waals surface area contributed by atoms with E-state index in [2.05, 4.69) is 10.4 Å². The normalized spacial score (nSPS) is 19.6. The molecule has 0 bridgehead atoms. The number of likely N-dealkylation sites (N-methyl/N-ethyl adjacent to an activating group) is 1. The van der Waals surface area contributed by atoms with Gasteiger partial charge in [0.05, 0.1) is 22.0 Å². The summed E-state index contributed by atoms with van der Waals surface area (Å²) in [6, 6.07) is 0.281. The molecule has 102 valence electrons. The molecule has 1 unspecified atom stereocenters. The van der Waals surface area contributed by atoms with E-state index in [1.54, 1.807) is 7.11 Å². The van der Waals surface area contributed by atoms with Crippen molar-refractivity contribution >= 4 is 11.6 Å². The summed E-state index contributed by atoms with van der Waals surface area (Å²) in [4.78, 5) is 0. The molecule has 18 heavy (non-hydrogen) atoms. The quantitative estimate of drug-likeness (QED) is 0.891. The van der Waals surface area contributed by atoms with Gasteiger partial charge in [0.15, 0.2) is 0 Å². The Kier molecular flexibility index (Phi) is 3.99. The minimum atomic E-state index is -0.0315. The van der Waals surface area contributed by atoms with Crippen molar-refractivity contribution in [1.82, 2.24) is 15.1 Å². The summed E-state index contributed by atoms with van der Waals surface area (Å²) in [5.74, 6) is 0. The van der Waals surface area contributed by atoms with E-state index in [0.717, 1.165) is 35.7 Å². The van der Waals surface area contributed by atoms with Gasteiger partial charge in [0.25, 0.3) is 0 Å². The molecule has 0 aromatic carbocycles. The maximum Gasteiger partial charge on any atom is 0.0847 e. The maximum absolute atomic E-state index is 6.32. The van der Waals surface area contributed by atoms with E-state index in [1.807, 2.05) is 25.7 Å². The molecule has 1 aromatic heterocycles. The second-order valence-corrected chi connectivity index (χ2v) is 5.52. The van der Waals surface area contributed by atoms with E-state index in [1.165, 1.54) is 6.42 Å². The molecule has 0 spiro atoms. The minimum absolute atomic E-state index is 0.0315. The fourth-order valence-electron chi connectivity index (χ4n) is 2.87. The van der Waals surface area contributed by atoms with E-state index in [4.69, 9.17) is 16.3 Å². The predicted octanol–water partition coefficient (Wildman–Crippen LogP) is 2.08. The lowest BCUT2D eigenvalue weighted by atomic mass is 9.73. The molecule has 1 aliphatic carbocycles. The zero-order valence-corrected chi connectivity index (χ0v) is 12.3. The van der Waals surface area contributed by atoms with Gasteiger partial charge >= 0.3 is 0 Å². The monoisotopic (exact) mass is 271 g/mol. The molecule has 1 aromatic rings. The molecule has 4 nitrogen and oxygen atoms in total. The summed E-state index contributed by atoms with van der Waals surface area (Å²) in [7, 11) is 5.74. The van der Waals surface area contributed by atoms with Gasteiger partial charge in [-0.3, -0.25) is 4.68 Å². The summed E-state index contributed by atoms with van der Waals surface area (Å²) >= 11 is 6.32. The molecule has 5 heteroatoms. The van der Waals surface area contributed by atoms with E-state index in [9.17, 15) is 0 Å². The lowest BCUT2D eigenvalue weighted by Crippen LogP contribution is -2.56. The smallest absolute Gasteiger partial charge is 0.0847 e. The number of hydrogen-bond donors (Lipinski definition) is 1. The van der Waals surface area contributed by atoms with Gasteiger partial charge in [0.2, 0.25) is 0 Å². The Bertz CT molecular complexity index is 421. The van der Waals surface area contributed by atoms with Gasteiger partial charge in [-0.2, -0.15) is 5.10 Å². The van der Waals surface area contributed by atoms with Gasteiger partial charge in [0, 0.05) is 26.6 Å². The molecule has 0 radical (unpaired) electrons. The zero-order valence-electron chi connectivity index (χ0n) is 11.6. The van der Waals surface area contributed by atoms with Crippen molar-refractivity contribution in [2.45, 2.75) is 44.2 Å². The lowest BCUT2D eigenvalue weighted by molar-refractivity contribution is -0.0969. The molecule has 2 rings (SSSR count). The number of hydrogen-bond acceptors (Lipinski definition) is 3. The van der Waals surface area contributed by atoms with Crippen LogP contribution in [0, 0.1) is 6.92 Å². The van der Waals surface area contributed by atoms with Crippen LogP contribution >= 0.6 is 11.6 Å². The Balaban J connectivity index is 2.20. The van der Waals surface area contributed by atoms with E-state index < -0.39 is 0 Å². The first-order chi connectivity index (χ1) is 8.54. The molecular formula is C13H22ClN3O. The first kappa shape index (κ1) is 13.8. The third-order valence-corrected chi connectivity index (χ3v) is 4.74. The van der Waals surface area contributed by atoms with Crippen molar-refractivity contribution in [3.8, 4) is 0 Å². The molecule has 1 atom stereocenters. The Morgan fingerprint density at radius 3 is 2.56 bits per heavy atom. The summed E-state index contributed by atoms with van der Waals surface area (Å²) in [6.07, 6.45) is 4.32. The van der Waals surface area contributed by atoms with Crippen LogP contribution in [0.15, 0.2) is 0 Å². The third kappa shape index (κ3) is 2.17. The molecular weight excluding hydrogens is 250 g/mol. The third-order valence-electron chi connectivity index (χ3n) is 4.25. The Morgan fingerprint density at radius 1 is 1.56 bits per heavy atom. The summed E-state index contributed by atoms with van der Waals surface area (Å²) < 4.78 is 7.63. The van der Waals surface area contributed by atoms with Crippen LogP contribution in [0.1, 0.15) is 30.7 Å². The summed E-state index contributed by atoms with van der Waals surface area (Å²) in [6.45, 7) is 1.94. The van der Waals surface area contributed by atoms with Gasteiger partial charge < -0.3 is 10.1 Å². The number of aromatic nitrogens is 2. The second kappa shape index (κ2) is 5.19. The first-order valence-electron chi connectivity index (χ1n) is 6.44. The number of halogens is 1. The van der Waals surface area contributed by atoms with Crippen LogP contribution in [0.5, 0.6) is 0 Å². The van der Waals surface area contributed by atoms with Crippen LogP contribution in [0.25, 0.3) is 0 Å². The maximum atomic E-state index is 6.32. The standard InChI is InChI=1S/C13H22ClN3O/c1-9-12(14)10(17(3)16-9)8-11(15-2)13(18-4)6-5-7-13/h11,15H,5-8H2,1-4H3. The van der Waals surface area contributed by atoms with Crippen LogP contribution in [-0.4, -0.2) is 35.6 Å². The van der Waals surface area contributed by atoms with Crippen molar-refractivity contribution in [1.29, 1.82) is 0 Å². The SMILES string of the molecule is CNC(Cc1c(Cl)c(C)nn1C)C1(OC)CCC1.